The molecule has 0 atom stereocenters. The van der Waals surface area contributed by atoms with Gasteiger partial charge in [-0.1, -0.05) is 40.2 Å². The number of rotatable bonds is 9. The molecule has 2 heterocycles. The molecule has 2 aromatic carbocycles. The van der Waals surface area contributed by atoms with Gasteiger partial charge < -0.3 is 20.1 Å². The van der Waals surface area contributed by atoms with E-state index in [1.165, 1.54) is 0 Å². The highest BCUT2D eigenvalue weighted by molar-refractivity contribution is 9.10. The summed E-state index contributed by atoms with van der Waals surface area (Å²) in [6.07, 6.45) is 1.87. The predicted molar refractivity (Wildman–Crippen MR) is 144 cm³/mol. The van der Waals surface area contributed by atoms with Gasteiger partial charge in [-0.25, -0.2) is 22.9 Å². The second kappa shape index (κ2) is 11.5. The first-order valence-electron chi connectivity index (χ1n) is 11.0. The van der Waals surface area contributed by atoms with Gasteiger partial charge in [-0.05, 0) is 24.3 Å². The summed E-state index contributed by atoms with van der Waals surface area (Å²) >= 11 is 3.53. The van der Waals surface area contributed by atoms with Crippen molar-refractivity contribution in [3.8, 4) is 22.8 Å². The molecule has 0 unspecified atom stereocenters. The van der Waals surface area contributed by atoms with E-state index in [4.69, 9.17) is 9.47 Å². The monoisotopic (exact) mass is 586 g/mol. The van der Waals surface area contributed by atoms with Crippen molar-refractivity contribution < 1.29 is 22.7 Å². The largest absolute Gasteiger partial charge is 0.497 e. The molecule has 4 aromatic rings. The summed E-state index contributed by atoms with van der Waals surface area (Å²) in [6.45, 7) is 0.0450. The Kier molecular flexibility index (Phi) is 8.16. The number of carbonyl (C=O) groups is 1. The molecule has 0 spiro atoms. The highest BCUT2D eigenvalue weighted by Gasteiger charge is 2.17. The zero-order valence-corrected chi connectivity index (χ0v) is 22.3. The summed E-state index contributed by atoms with van der Waals surface area (Å²) in [7, 11) is -1.79. The molecular weight excluding hydrogens is 564 g/mol. The topological polar surface area (TPSA) is 144 Å². The van der Waals surface area contributed by atoms with Crippen molar-refractivity contribution >= 4 is 54.7 Å². The van der Waals surface area contributed by atoms with Gasteiger partial charge in [0.25, 0.3) is 0 Å². The molecule has 11 nitrogen and oxygen atoms in total. The van der Waals surface area contributed by atoms with Crippen LogP contribution in [0.3, 0.4) is 0 Å². The highest BCUT2D eigenvalue weighted by atomic mass is 79.9. The number of halogens is 1. The van der Waals surface area contributed by atoms with Crippen LogP contribution >= 0.6 is 15.9 Å². The first kappa shape index (κ1) is 26.3. The molecule has 0 aliphatic rings. The number of nitrogens with zero attached hydrogens (tertiary/aromatic N) is 3. The standard InChI is InChI=1S/C24H23BrN6O5S/c1-35-17-7-5-6-16(13-17)29-23-27-14-15-12-19(18-8-3-4-9-20(18)25)22(30-21(15)31-23)36-24(32)26-10-11-28-37(2,33)34/h3-9,12-14,28H,10-11H2,1-2H3,(H,26,32)(H,27,29,30,31). The second-order valence-corrected chi connectivity index (χ2v) is 10.5. The zero-order chi connectivity index (χ0) is 26.4. The van der Waals surface area contributed by atoms with Gasteiger partial charge in [0, 0.05) is 52.0 Å². The van der Waals surface area contributed by atoms with Gasteiger partial charge in [0.15, 0.2) is 5.65 Å². The number of fused-ring (bicyclic) bond motifs is 1. The summed E-state index contributed by atoms with van der Waals surface area (Å²) in [5, 5.41) is 6.24. The van der Waals surface area contributed by atoms with Gasteiger partial charge in [0.1, 0.15) is 5.75 Å². The molecule has 4 rings (SSSR count). The van der Waals surface area contributed by atoms with Crippen LogP contribution in [-0.2, 0) is 10.0 Å². The van der Waals surface area contributed by atoms with Crippen molar-refractivity contribution in [3.05, 3.63) is 65.3 Å². The van der Waals surface area contributed by atoms with E-state index in [9.17, 15) is 13.2 Å². The molecule has 3 N–H and O–H groups in total. The molecular formula is C24H23BrN6O5S. The molecule has 2 aromatic heterocycles. The van der Waals surface area contributed by atoms with Crippen LogP contribution in [0.15, 0.2) is 65.3 Å². The third-order valence-corrected chi connectivity index (χ3v) is 6.39. The number of amides is 1. The number of anilines is 2. The van der Waals surface area contributed by atoms with Gasteiger partial charge in [-0.15, -0.1) is 0 Å². The van der Waals surface area contributed by atoms with Gasteiger partial charge in [-0.2, -0.15) is 9.97 Å². The average molecular weight is 587 g/mol. The Morgan fingerprint density at radius 1 is 1.03 bits per heavy atom. The number of aromatic nitrogens is 3. The Bertz CT molecular complexity index is 1550. The zero-order valence-electron chi connectivity index (χ0n) is 19.9. The Hall–Kier alpha value is -3.81. The van der Waals surface area contributed by atoms with Crippen molar-refractivity contribution in [2.45, 2.75) is 0 Å². The van der Waals surface area contributed by atoms with E-state index in [2.05, 4.69) is 46.2 Å². The third kappa shape index (κ3) is 7.12. The van der Waals surface area contributed by atoms with E-state index >= 15 is 0 Å². The van der Waals surface area contributed by atoms with E-state index in [-0.39, 0.29) is 19.0 Å². The third-order valence-electron chi connectivity index (χ3n) is 4.97. The first-order chi connectivity index (χ1) is 17.7. The van der Waals surface area contributed by atoms with E-state index in [0.717, 1.165) is 22.0 Å². The molecule has 0 saturated heterocycles. The minimum atomic E-state index is -3.37. The summed E-state index contributed by atoms with van der Waals surface area (Å²) in [4.78, 5) is 25.9. The van der Waals surface area contributed by atoms with Crippen molar-refractivity contribution in [2.75, 3.05) is 31.8 Å². The summed E-state index contributed by atoms with van der Waals surface area (Å²) in [6, 6.07) is 16.5. The Balaban J connectivity index is 1.64. The molecule has 192 valence electrons. The van der Waals surface area contributed by atoms with Gasteiger partial charge in [0.2, 0.25) is 21.9 Å². The highest BCUT2D eigenvalue weighted by Crippen LogP contribution is 2.36. The summed E-state index contributed by atoms with van der Waals surface area (Å²) in [5.41, 5.74) is 2.32. The number of nitrogens with one attached hydrogen (secondary N) is 3. The van der Waals surface area contributed by atoms with E-state index in [1.54, 1.807) is 25.4 Å². The summed E-state index contributed by atoms with van der Waals surface area (Å²) < 4.78 is 36.3. The second-order valence-electron chi connectivity index (χ2n) is 7.77. The van der Waals surface area contributed by atoms with Crippen LogP contribution < -0.4 is 24.8 Å². The number of hydrogen-bond donors (Lipinski definition) is 3. The maximum absolute atomic E-state index is 12.5. The molecule has 0 bridgehead atoms. The predicted octanol–water partition coefficient (Wildman–Crippen LogP) is 3.84. The quantitative estimate of drug-likeness (QED) is 0.249. The molecule has 0 saturated carbocycles. The Morgan fingerprint density at radius 3 is 2.59 bits per heavy atom. The lowest BCUT2D eigenvalue weighted by Crippen LogP contribution is -2.35. The maximum atomic E-state index is 12.5. The number of methoxy groups -OCH3 is 1. The minimum Gasteiger partial charge on any atom is -0.497 e. The minimum absolute atomic E-state index is 0.0166. The first-order valence-corrected chi connectivity index (χ1v) is 13.6. The fourth-order valence-electron chi connectivity index (χ4n) is 3.31. The van der Waals surface area contributed by atoms with Crippen LogP contribution in [0.4, 0.5) is 16.4 Å². The maximum Gasteiger partial charge on any atom is 0.414 e. The molecule has 13 heteroatoms. The van der Waals surface area contributed by atoms with Gasteiger partial charge in [-0.3, -0.25) is 0 Å². The molecule has 0 aliphatic heterocycles. The van der Waals surface area contributed by atoms with E-state index in [1.807, 2.05) is 42.5 Å². The molecule has 0 fully saturated rings. The fraction of sp³-hybridized carbons (Fsp3) is 0.167. The average Bonchev–Trinajstić information content (AvgIpc) is 2.86. The SMILES string of the molecule is COc1cccc(Nc2ncc3cc(-c4ccccc4Br)c(OC(=O)NCCNS(C)(=O)=O)nc3n2)c1. The van der Waals surface area contributed by atoms with E-state index < -0.39 is 16.1 Å². The number of hydrogen-bond acceptors (Lipinski definition) is 9. The molecule has 1 amide bonds. The number of carbonyl (C=O) groups excluding carboxylic acids is 1. The number of ether oxygens (including phenoxy) is 2. The van der Waals surface area contributed by atoms with Crippen LogP contribution in [0.1, 0.15) is 0 Å². The van der Waals surface area contributed by atoms with Crippen LogP contribution in [0, 0.1) is 0 Å². The Labute approximate surface area is 221 Å². The van der Waals surface area contributed by atoms with Crippen LogP contribution in [0.2, 0.25) is 0 Å². The normalized spacial score (nSPS) is 11.2. The number of pyridine rings is 1. The van der Waals surface area contributed by atoms with Crippen molar-refractivity contribution in [3.63, 3.8) is 0 Å². The Morgan fingerprint density at radius 2 is 1.84 bits per heavy atom. The fourth-order valence-corrected chi connectivity index (χ4v) is 4.28. The van der Waals surface area contributed by atoms with Crippen molar-refractivity contribution in [2.24, 2.45) is 0 Å². The molecule has 37 heavy (non-hydrogen) atoms. The number of benzene rings is 2. The number of sulfonamides is 1. The van der Waals surface area contributed by atoms with Crippen LogP contribution in [0.5, 0.6) is 11.6 Å². The molecule has 0 aliphatic carbocycles. The van der Waals surface area contributed by atoms with Crippen LogP contribution in [0.25, 0.3) is 22.2 Å². The lowest BCUT2D eigenvalue weighted by Gasteiger charge is -2.13. The van der Waals surface area contributed by atoms with Crippen molar-refractivity contribution in [1.29, 1.82) is 0 Å². The summed E-state index contributed by atoms with van der Waals surface area (Å²) in [5.74, 6) is 0.999. The van der Waals surface area contributed by atoms with Crippen LogP contribution in [-0.4, -0.2) is 55.9 Å². The molecule has 0 radical (unpaired) electrons. The lowest BCUT2D eigenvalue weighted by molar-refractivity contribution is 0.199. The van der Waals surface area contributed by atoms with Crippen molar-refractivity contribution in [1.82, 2.24) is 25.0 Å². The smallest absolute Gasteiger partial charge is 0.414 e. The lowest BCUT2D eigenvalue weighted by atomic mass is 10.1. The van der Waals surface area contributed by atoms with Gasteiger partial charge >= 0.3 is 6.09 Å². The van der Waals surface area contributed by atoms with E-state index in [0.29, 0.717) is 28.3 Å². The van der Waals surface area contributed by atoms with Gasteiger partial charge in [0.05, 0.1) is 13.4 Å².